The van der Waals surface area contributed by atoms with Gasteiger partial charge in [-0.15, -0.1) is 0 Å². The summed E-state index contributed by atoms with van der Waals surface area (Å²) in [6.45, 7) is 27.0. The largest absolute Gasteiger partial charge is 0.466 e. The fourth-order valence-electron chi connectivity index (χ4n) is 13.0. The molecule has 0 saturated heterocycles. The molecule has 388 valence electrons. The van der Waals surface area contributed by atoms with Crippen molar-refractivity contribution in [2.75, 3.05) is 9.71 Å². The third-order valence-corrected chi connectivity index (χ3v) is 17.4. The van der Waals surface area contributed by atoms with Crippen molar-refractivity contribution < 1.29 is 13.3 Å². The summed E-state index contributed by atoms with van der Waals surface area (Å²) >= 11 is 0. The first kappa shape index (κ1) is 47.8. The molecular weight excluding hydrogens is 966 g/mol. The van der Waals surface area contributed by atoms with E-state index in [4.69, 9.17) is 13.3 Å². The lowest BCUT2D eigenvalue weighted by atomic mass is 9.46. The number of benzene rings is 9. The second kappa shape index (κ2) is 16.1. The third kappa shape index (κ3) is 7.10. The number of hydrogen-bond donors (Lipinski definition) is 0. The molecule has 4 aromatic heterocycles. The van der Waals surface area contributed by atoms with Crippen LogP contribution in [0.25, 0.3) is 93.5 Å². The van der Waals surface area contributed by atoms with Gasteiger partial charge in [-0.1, -0.05) is 156 Å². The Morgan fingerprint density at radius 2 is 0.911 bits per heavy atom. The molecule has 0 fully saturated rings. The molecule has 6 nitrogen and oxygen atoms in total. The number of aromatic nitrogens is 1. The summed E-state index contributed by atoms with van der Waals surface area (Å²) in [5, 5.41) is 7.88. The maximum absolute atomic E-state index is 7.41. The van der Waals surface area contributed by atoms with Crippen LogP contribution in [0.15, 0.2) is 183 Å². The second-order valence-electron chi connectivity index (χ2n) is 26.6. The number of hydrogen-bond acceptors (Lipinski definition) is 5. The highest BCUT2D eigenvalue weighted by Gasteiger charge is 2.48. The van der Waals surface area contributed by atoms with Gasteiger partial charge in [0, 0.05) is 89.9 Å². The molecule has 0 spiro atoms. The van der Waals surface area contributed by atoms with Crippen molar-refractivity contribution in [3.8, 4) is 16.8 Å². The van der Waals surface area contributed by atoms with E-state index in [9.17, 15) is 0 Å². The average Bonchev–Trinajstić information content (AvgIpc) is 2.61. The lowest BCUT2D eigenvalue weighted by Crippen LogP contribution is -2.60. The molecular formula is C72H64BN3O3. The van der Waals surface area contributed by atoms with Crippen molar-refractivity contribution >= 4 is 123 Å². The lowest BCUT2D eigenvalue weighted by Gasteiger charge is -2.40. The average molecular weight is 1030 g/mol. The van der Waals surface area contributed by atoms with Gasteiger partial charge in [0.25, 0.3) is 0 Å². The normalized spacial score (nSPS) is 13.8. The van der Waals surface area contributed by atoms with Crippen molar-refractivity contribution in [2.24, 2.45) is 0 Å². The van der Waals surface area contributed by atoms with Crippen LogP contribution >= 0.6 is 0 Å². The van der Waals surface area contributed by atoms with Crippen molar-refractivity contribution in [3.63, 3.8) is 0 Å². The third-order valence-electron chi connectivity index (χ3n) is 17.4. The zero-order valence-electron chi connectivity index (χ0n) is 47.3. The Balaban J connectivity index is 0.994. The Bertz CT molecular complexity index is 4630. The molecule has 0 bridgehead atoms. The van der Waals surface area contributed by atoms with Gasteiger partial charge in [0.15, 0.2) is 0 Å². The summed E-state index contributed by atoms with van der Waals surface area (Å²) in [4.78, 5) is 4.90. The van der Waals surface area contributed by atoms with Gasteiger partial charge in [-0.3, -0.25) is 0 Å². The molecule has 9 aromatic carbocycles. The van der Waals surface area contributed by atoms with Crippen LogP contribution in [-0.2, 0) is 21.7 Å². The molecule has 79 heavy (non-hydrogen) atoms. The zero-order valence-corrected chi connectivity index (χ0v) is 47.3. The van der Waals surface area contributed by atoms with E-state index in [-0.39, 0.29) is 28.5 Å². The minimum Gasteiger partial charge on any atom is -0.466 e. The molecule has 2 aliphatic rings. The molecule has 0 unspecified atom stereocenters. The van der Waals surface area contributed by atoms with Crippen molar-refractivity contribution in [1.82, 2.24) is 4.57 Å². The van der Waals surface area contributed by atoms with Gasteiger partial charge in [0.1, 0.15) is 33.6 Å². The van der Waals surface area contributed by atoms with Gasteiger partial charge in [-0.2, -0.15) is 0 Å². The van der Waals surface area contributed by atoms with E-state index in [1.807, 2.05) is 0 Å². The van der Waals surface area contributed by atoms with Crippen LogP contribution < -0.4 is 20.8 Å². The van der Waals surface area contributed by atoms with Crippen molar-refractivity contribution in [2.45, 2.75) is 105 Å². The Hall–Kier alpha value is -8.42. The highest BCUT2D eigenvalue weighted by Crippen LogP contribution is 2.50. The first-order valence-electron chi connectivity index (χ1n) is 28.1. The summed E-state index contributed by atoms with van der Waals surface area (Å²) in [5.41, 5.74) is 22.6. The van der Waals surface area contributed by atoms with Gasteiger partial charge in [0.2, 0.25) is 0 Å². The minimum absolute atomic E-state index is 0.0231. The maximum atomic E-state index is 7.41. The van der Waals surface area contributed by atoms with Crippen LogP contribution in [0.5, 0.6) is 0 Å². The minimum atomic E-state index is -0.316. The number of para-hydroxylation sites is 1. The summed E-state index contributed by atoms with van der Waals surface area (Å²) in [6.07, 6.45) is 0. The molecule has 0 saturated carbocycles. The number of furan rings is 3. The van der Waals surface area contributed by atoms with Gasteiger partial charge in [-0.25, -0.2) is 0 Å². The van der Waals surface area contributed by atoms with Crippen molar-refractivity contribution in [1.29, 1.82) is 0 Å². The van der Waals surface area contributed by atoms with Gasteiger partial charge in [0.05, 0.1) is 16.7 Å². The summed E-state index contributed by atoms with van der Waals surface area (Å²) in [7, 11) is 0. The zero-order chi connectivity index (χ0) is 54.4. The van der Waals surface area contributed by atoms with Crippen LogP contribution in [0, 0.1) is 0 Å². The molecule has 0 N–H and O–H groups in total. The van der Waals surface area contributed by atoms with Gasteiger partial charge < -0.3 is 27.5 Å². The standard InChI is InChI=1S/C72H64BN3O3/c1-69(2,3)41-17-24-45(25-18-41)74(46-26-19-42(20-27-46)70(4,5)6)48-30-31-50-56-37-53-51-32-33-52-54-38-55-49-15-13-14-16-60(49)77-63(55)39-58(54)75-66(52)65(51)73(68-67(75)57-35-44(72(10,11)12)23-34-61(57)79-68)76(59(53)40-64(56)78-62(50)36-48)47-28-21-43(22-29-47)71(7,8)9/h13-40H,1-12H3. The highest BCUT2D eigenvalue weighted by molar-refractivity contribution is 6.93. The summed E-state index contributed by atoms with van der Waals surface area (Å²) in [5.74, 6) is 0. The second-order valence-corrected chi connectivity index (χ2v) is 26.6. The Kier molecular flexibility index (Phi) is 9.74. The predicted molar refractivity (Wildman–Crippen MR) is 334 cm³/mol. The van der Waals surface area contributed by atoms with Crippen LogP contribution in [0.3, 0.4) is 0 Å². The van der Waals surface area contributed by atoms with Gasteiger partial charge in [-0.05, 0) is 134 Å². The van der Waals surface area contributed by atoms with E-state index in [0.717, 1.165) is 106 Å². The van der Waals surface area contributed by atoms with E-state index in [1.165, 1.54) is 49.6 Å². The van der Waals surface area contributed by atoms with Crippen molar-refractivity contribution in [3.05, 3.63) is 192 Å². The van der Waals surface area contributed by atoms with Gasteiger partial charge >= 0.3 is 6.85 Å². The fourth-order valence-corrected chi connectivity index (χ4v) is 13.0. The Labute approximate surface area is 461 Å². The van der Waals surface area contributed by atoms with E-state index >= 15 is 0 Å². The number of anilines is 5. The lowest BCUT2D eigenvalue weighted by molar-refractivity contribution is 0.590. The molecule has 7 heteroatoms. The first-order valence-corrected chi connectivity index (χ1v) is 28.1. The number of rotatable bonds is 4. The van der Waals surface area contributed by atoms with E-state index in [0.29, 0.717) is 0 Å². The van der Waals surface area contributed by atoms with Crippen LogP contribution in [0.4, 0.5) is 28.4 Å². The van der Waals surface area contributed by atoms with Crippen LogP contribution in [-0.4, -0.2) is 11.4 Å². The SMILES string of the molecule is CC(C)(C)c1ccc(N2B3c4oc5ccc(C(C)(C)C)cc5c4-n4c5cc6oc7ccccc7c6cc5c5ccc(c3c54)-c3cc4c(cc32)oc2cc(N(c3ccc(C(C)(C)C)cc3)c3ccc(C(C)(C)C)cc3)ccc24)cc1. The van der Waals surface area contributed by atoms with E-state index < -0.39 is 0 Å². The fraction of sp³-hybridized carbons (Fsp3) is 0.222. The molecule has 2 aliphatic heterocycles. The smallest absolute Gasteiger partial charge is 0.375 e. The highest BCUT2D eigenvalue weighted by atomic mass is 16.3. The topological polar surface area (TPSA) is 50.8 Å². The van der Waals surface area contributed by atoms with Crippen LogP contribution in [0.2, 0.25) is 0 Å². The molecule has 6 heterocycles. The Morgan fingerprint density at radius 1 is 0.380 bits per heavy atom. The molecule has 0 aliphatic carbocycles. The Morgan fingerprint density at radius 3 is 1.57 bits per heavy atom. The molecule has 0 atom stereocenters. The van der Waals surface area contributed by atoms with Crippen LogP contribution in [0.1, 0.15) is 105 Å². The molecule has 0 amide bonds. The first-order chi connectivity index (χ1) is 37.7. The summed E-state index contributed by atoms with van der Waals surface area (Å²) in [6, 6.07) is 63.3. The monoisotopic (exact) mass is 1030 g/mol. The molecule has 15 rings (SSSR count). The van der Waals surface area contributed by atoms with E-state index in [2.05, 4.69) is 267 Å². The van der Waals surface area contributed by atoms with E-state index in [1.54, 1.807) is 0 Å². The number of fused-ring (bicyclic) bond motifs is 16. The summed E-state index contributed by atoms with van der Waals surface area (Å²) < 4.78 is 23.8. The quantitative estimate of drug-likeness (QED) is 0.164. The predicted octanol–water partition coefficient (Wildman–Crippen LogP) is 19.2. The number of nitrogens with zero attached hydrogens (tertiary/aromatic N) is 3. The molecule has 13 aromatic rings. The maximum Gasteiger partial charge on any atom is 0.375 e. The molecule has 0 radical (unpaired) electrons.